The zero-order valence-corrected chi connectivity index (χ0v) is 22.6. The minimum Gasteiger partial charge on any atom is -0.384 e. The molecule has 7 heteroatoms. The monoisotopic (exact) mass is 529 g/mol. The summed E-state index contributed by atoms with van der Waals surface area (Å²) >= 11 is 0. The molecule has 2 heterocycles. The molecule has 204 valence electrons. The molecule has 0 spiro atoms. The predicted molar refractivity (Wildman–Crippen MR) is 160 cm³/mol. The van der Waals surface area contributed by atoms with Crippen molar-refractivity contribution >= 4 is 28.9 Å². The molecule has 0 atom stereocenters. The Hall–Kier alpha value is -3.97. The van der Waals surface area contributed by atoms with Gasteiger partial charge in [-0.05, 0) is 73.2 Å². The second kappa shape index (κ2) is 11.8. The van der Waals surface area contributed by atoms with Crippen molar-refractivity contribution in [2.75, 3.05) is 11.9 Å². The molecule has 5 rings (SSSR count). The maximum atomic E-state index is 13.2. The second-order valence-corrected chi connectivity index (χ2v) is 10.1. The molecule has 5 nitrogen and oxygen atoms in total. The highest BCUT2D eigenvalue weighted by atomic mass is 19.3. The fourth-order valence-corrected chi connectivity index (χ4v) is 5.59. The average molecular weight is 530 g/mol. The van der Waals surface area contributed by atoms with E-state index in [4.69, 9.17) is 11.1 Å². The number of rotatable bonds is 8. The highest BCUT2D eigenvalue weighted by Crippen LogP contribution is 2.44. The first-order chi connectivity index (χ1) is 18.8. The molecular weight excluding hydrogens is 492 g/mol. The van der Waals surface area contributed by atoms with Crippen LogP contribution in [0.3, 0.4) is 0 Å². The lowest BCUT2D eigenvalue weighted by Crippen LogP contribution is -2.25. The van der Waals surface area contributed by atoms with Crippen molar-refractivity contribution in [3.05, 3.63) is 96.5 Å². The van der Waals surface area contributed by atoms with E-state index in [1.807, 2.05) is 59.6 Å². The van der Waals surface area contributed by atoms with E-state index in [1.54, 1.807) is 6.08 Å². The van der Waals surface area contributed by atoms with Crippen LogP contribution in [-0.4, -0.2) is 23.9 Å². The molecule has 39 heavy (non-hydrogen) atoms. The third-order valence-corrected chi connectivity index (χ3v) is 7.51. The van der Waals surface area contributed by atoms with Gasteiger partial charge < -0.3 is 20.9 Å². The number of alkyl halides is 2. The van der Waals surface area contributed by atoms with Crippen LogP contribution in [-0.2, 0) is 0 Å². The molecule has 1 saturated carbocycles. The number of benzene rings is 2. The summed E-state index contributed by atoms with van der Waals surface area (Å²) < 4.78 is 28.5. The molecule has 5 N–H and O–H groups in total. The summed E-state index contributed by atoms with van der Waals surface area (Å²) in [4.78, 5) is 1.97. The van der Waals surface area contributed by atoms with Gasteiger partial charge in [-0.1, -0.05) is 50.4 Å². The number of halogens is 2. The smallest absolute Gasteiger partial charge is 0.239 e. The number of nitrogen functional groups attached to an aromatic ring is 1. The van der Waals surface area contributed by atoms with Crippen LogP contribution < -0.4 is 16.4 Å². The fraction of sp³-hybridized carbons (Fsp3) is 0.281. The number of amidine groups is 1. The Morgan fingerprint density at radius 2 is 1.79 bits per heavy atom. The number of hydrogen-bond donors (Lipinski definition) is 3. The number of hydrogen-bond acceptors (Lipinski definition) is 3. The van der Waals surface area contributed by atoms with Crippen molar-refractivity contribution in [2.45, 2.75) is 45.1 Å². The van der Waals surface area contributed by atoms with Crippen LogP contribution >= 0.6 is 0 Å². The summed E-state index contributed by atoms with van der Waals surface area (Å²) in [7, 11) is 1.50. The first kappa shape index (κ1) is 28.0. The van der Waals surface area contributed by atoms with E-state index in [2.05, 4.69) is 36.6 Å². The number of anilines is 1. The maximum absolute atomic E-state index is 13.2. The van der Waals surface area contributed by atoms with E-state index in [9.17, 15) is 8.78 Å². The molecule has 1 aromatic heterocycles. The predicted octanol–water partition coefficient (Wildman–Crippen LogP) is 7.51. The van der Waals surface area contributed by atoms with Gasteiger partial charge >= 0.3 is 0 Å². The number of nitrogens with one attached hydrogen (secondary N) is 1. The number of aromatic nitrogens is 1. The zero-order chi connectivity index (χ0) is 28.3. The Morgan fingerprint density at radius 3 is 2.38 bits per heavy atom. The van der Waals surface area contributed by atoms with Gasteiger partial charge in [0.15, 0.2) is 0 Å². The number of fused-ring (bicyclic) bond motifs is 1. The highest BCUT2D eigenvalue weighted by Gasteiger charge is 2.31. The van der Waals surface area contributed by atoms with Crippen molar-refractivity contribution in [2.24, 2.45) is 17.4 Å². The molecule has 2 aromatic carbocycles. The average Bonchev–Trinajstić information content (AvgIpc) is 3.32. The summed E-state index contributed by atoms with van der Waals surface area (Å²) in [6.07, 6.45) is 5.63. The van der Waals surface area contributed by atoms with Crippen LogP contribution in [0.25, 0.3) is 28.5 Å². The minimum atomic E-state index is -2.37. The number of allylic oxidation sites excluding steroid dienone is 1. The SMILES string of the molecule is C=Cc1c(C(=N)N)c(-c2ccc3c(c2)C(=C)N(c2ccccc2)C=C3CCC(F)F)cn1C1CC(C)C1.CN. The Labute approximate surface area is 229 Å². The summed E-state index contributed by atoms with van der Waals surface area (Å²) in [5, 5.41) is 8.35. The molecular formula is C32H37F2N5. The summed E-state index contributed by atoms with van der Waals surface area (Å²) in [5.41, 5.74) is 18.2. The van der Waals surface area contributed by atoms with Crippen molar-refractivity contribution in [3.8, 4) is 11.1 Å². The third-order valence-electron chi connectivity index (χ3n) is 7.51. The lowest BCUT2D eigenvalue weighted by molar-refractivity contribution is 0.139. The van der Waals surface area contributed by atoms with Crippen LogP contribution in [0, 0.1) is 11.3 Å². The molecule has 1 fully saturated rings. The van der Waals surface area contributed by atoms with Crippen molar-refractivity contribution in [1.29, 1.82) is 5.41 Å². The standard InChI is InChI=1S/C31H32F2N4.CH5N/c1-4-28-30(31(34)35)27(18-37(28)24-14-19(2)15-24)21-10-12-25-22(11-13-29(32)33)17-36(20(3)26(25)16-21)23-8-6-5-7-9-23;1-2/h4-10,12,16-19,24,29H,1,3,11,13-15H2,2H3,(H3,34,35);2H2,1H3. The minimum absolute atomic E-state index is 0.00370. The van der Waals surface area contributed by atoms with Crippen LogP contribution in [0.2, 0.25) is 0 Å². The van der Waals surface area contributed by atoms with Crippen molar-refractivity contribution in [1.82, 2.24) is 4.57 Å². The first-order valence-electron chi connectivity index (χ1n) is 13.2. The molecule has 0 radical (unpaired) electrons. The van der Waals surface area contributed by atoms with E-state index >= 15 is 0 Å². The van der Waals surface area contributed by atoms with E-state index in [0.717, 1.165) is 57.7 Å². The van der Waals surface area contributed by atoms with E-state index in [0.29, 0.717) is 17.5 Å². The molecule has 0 bridgehead atoms. The Morgan fingerprint density at radius 1 is 1.10 bits per heavy atom. The van der Waals surface area contributed by atoms with Gasteiger partial charge in [0.25, 0.3) is 0 Å². The normalized spacial score (nSPS) is 18.1. The number of nitrogens with two attached hydrogens (primary N) is 2. The Kier molecular flexibility index (Phi) is 8.51. The summed E-state index contributed by atoms with van der Waals surface area (Å²) in [6, 6.07) is 16.2. The Bertz CT molecular complexity index is 1400. The fourth-order valence-electron chi connectivity index (χ4n) is 5.59. The Balaban J connectivity index is 0.00000172. The van der Waals surface area contributed by atoms with Crippen LogP contribution in [0.15, 0.2) is 74.1 Å². The van der Waals surface area contributed by atoms with Gasteiger partial charge in [0.2, 0.25) is 6.43 Å². The van der Waals surface area contributed by atoms with Crippen molar-refractivity contribution < 1.29 is 8.78 Å². The van der Waals surface area contributed by atoms with Gasteiger partial charge in [0.1, 0.15) is 5.84 Å². The molecule has 2 aliphatic rings. The second-order valence-electron chi connectivity index (χ2n) is 10.1. The summed E-state index contributed by atoms with van der Waals surface area (Å²) in [6.45, 7) is 10.6. The van der Waals surface area contributed by atoms with Crippen molar-refractivity contribution in [3.63, 3.8) is 0 Å². The van der Waals surface area contributed by atoms with E-state index in [1.165, 1.54) is 7.05 Å². The topological polar surface area (TPSA) is 84.1 Å². The zero-order valence-electron chi connectivity index (χ0n) is 22.6. The van der Waals surface area contributed by atoms with Crippen LogP contribution in [0.4, 0.5) is 14.5 Å². The van der Waals surface area contributed by atoms with Gasteiger partial charge in [-0.15, -0.1) is 0 Å². The first-order valence-corrected chi connectivity index (χ1v) is 13.2. The molecule has 0 unspecified atom stereocenters. The van der Waals surface area contributed by atoms with E-state index in [-0.39, 0.29) is 18.7 Å². The lowest BCUT2D eigenvalue weighted by Gasteiger charge is -2.35. The van der Waals surface area contributed by atoms with E-state index < -0.39 is 6.43 Å². The largest absolute Gasteiger partial charge is 0.384 e. The van der Waals surface area contributed by atoms with Crippen LogP contribution in [0.5, 0.6) is 0 Å². The summed E-state index contributed by atoms with van der Waals surface area (Å²) in [5.74, 6) is 0.666. The molecule has 1 aliphatic carbocycles. The number of para-hydroxylation sites is 1. The lowest BCUT2D eigenvalue weighted by atomic mass is 9.81. The maximum Gasteiger partial charge on any atom is 0.239 e. The molecule has 3 aromatic rings. The molecule has 0 saturated heterocycles. The van der Waals surface area contributed by atoms with Gasteiger partial charge in [0, 0.05) is 52.9 Å². The third kappa shape index (κ3) is 5.45. The molecule has 0 amide bonds. The molecule has 1 aliphatic heterocycles. The van der Waals surface area contributed by atoms with Gasteiger partial charge in [-0.3, -0.25) is 5.41 Å². The number of nitrogens with zero attached hydrogens (tertiary/aromatic N) is 2. The highest BCUT2D eigenvalue weighted by molar-refractivity contribution is 6.05. The van der Waals surface area contributed by atoms with Crippen LogP contribution in [0.1, 0.15) is 61.0 Å². The quantitative estimate of drug-likeness (QED) is 0.209. The van der Waals surface area contributed by atoms with Gasteiger partial charge in [-0.2, -0.15) is 0 Å². The van der Waals surface area contributed by atoms with Gasteiger partial charge in [-0.25, -0.2) is 8.78 Å². The van der Waals surface area contributed by atoms with Gasteiger partial charge in [0.05, 0.1) is 5.69 Å².